The SMILES string of the molecule is CCOc1ccc(C=C2SC(=S)N(CC(=O)N3CCCCC3)C2=O)cc1. The summed E-state index contributed by atoms with van der Waals surface area (Å²) in [5.41, 5.74) is 0.899. The minimum absolute atomic E-state index is 0.0247. The second-order valence-electron chi connectivity index (χ2n) is 6.21. The number of carbonyl (C=O) groups is 2. The molecule has 2 amide bonds. The predicted octanol–water partition coefficient (Wildman–Crippen LogP) is 3.30. The minimum atomic E-state index is -0.195. The number of nitrogens with zero attached hydrogens (tertiary/aromatic N) is 2. The Morgan fingerprint density at radius 3 is 2.58 bits per heavy atom. The first-order valence-corrected chi connectivity index (χ1v) is 10.1. The molecule has 2 fully saturated rings. The number of benzene rings is 1. The first-order chi connectivity index (χ1) is 12.6. The quantitative estimate of drug-likeness (QED) is 0.570. The summed E-state index contributed by atoms with van der Waals surface area (Å²) in [6, 6.07) is 7.54. The van der Waals surface area contributed by atoms with Crippen molar-refractivity contribution >= 4 is 46.2 Å². The van der Waals surface area contributed by atoms with E-state index < -0.39 is 0 Å². The molecule has 0 bridgehead atoms. The van der Waals surface area contributed by atoms with Gasteiger partial charge >= 0.3 is 0 Å². The number of ether oxygens (including phenoxy) is 1. The molecule has 2 aliphatic rings. The lowest BCUT2D eigenvalue weighted by atomic mass is 10.1. The molecular formula is C19H22N2O3S2. The molecule has 5 nitrogen and oxygen atoms in total. The van der Waals surface area contributed by atoms with Crippen molar-refractivity contribution in [2.24, 2.45) is 0 Å². The summed E-state index contributed by atoms with van der Waals surface area (Å²) in [6.45, 7) is 4.13. The van der Waals surface area contributed by atoms with Gasteiger partial charge in [-0.25, -0.2) is 0 Å². The van der Waals surface area contributed by atoms with E-state index in [9.17, 15) is 9.59 Å². The maximum atomic E-state index is 12.7. The molecule has 0 aromatic heterocycles. The number of hydrogen-bond donors (Lipinski definition) is 0. The third-order valence-corrected chi connectivity index (χ3v) is 5.74. The Morgan fingerprint density at radius 2 is 1.92 bits per heavy atom. The van der Waals surface area contributed by atoms with Crippen molar-refractivity contribution in [2.45, 2.75) is 26.2 Å². The average Bonchev–Trinajstić information content (AvgIpc) is 2.91. The molecule has 2 aliphatic heterocycles. The normalized spacial score (nSPS) is 19.3. The van der Waals surface area contributed by atoms with Gasteiger partial charge in [0.1, 0.15) is 16.6 Å². The Morgan fingerprint density at radius 1 is 1.23 bits per heavy atom. The van der Waals surface area contributed by atoms with Crippen LogP contribution in [0.1, 0.15) is 31.7 Å². The zero-order valence-corrected chi connectivity index (χ0v) is 16.4. The first-order valence-electron chi connectivity index (χ1n) is 8.84. The molecular weight excluding hydrogens is 368 g/mol. The van der Waals surface area contributed by atoms with Crippen molar-refractivity contribution in [1.29, 1.82) is 0 Å². The van der Waals surface area contributed by atoms with Crippen LogP contribution in [0, 0.1) is 0 Å². The van der Waals surface area contributed by atoms with Gasteiger partial charge in [-0.2, -0.15) is 0 Å². The lowest BCUT2D eigenvalue weighted by molar-refractivity contribution is -0.136. The summed E-state index contributed by atoms with van der Waals surface area (Å²) < 4.78 is 5.87. The fourth-order valence-electron chi connectivity index (χ4n) is 2.99. The molecule has 26 heavy (non-hydrogen) atoms. The van der Waals surface area contributed by atoms with Gasteiger partial charge in [-0.15, -0.1) is 0 Å². The van der Waals surface area contributed by atoms with E-state index >= 15 is 0 Å². The van der Waals surface area contributed by atoms with Crippen LogP contribution in [-0.2, 0) is 9.59 Å². The fourth-order valence-corrected chi connectivity index (χ4v) is 4.25. The third kappa shape index (κ3) is 4.45. The van der Waals surface area contributed by atoms with Crippen LogP contribution in [0.5, 0.6) is 5.75 Å². The molecule has 0 aliphatic carbocycles. The van der Waals surface area contributed by atoms with Crippen LogP contribution in [-0.4, -0.2) is 52.2 Å². The zero-order valence-electron chi connectivity index (χ0n) is 14.8. The van der Waals surface area contributed by atoms with Crippen LogP contribution in [0.2, 0.25) is 0 Å². The molecule has 0 atom stereocenters. The Labute approximate surface area is 163 Å². The van der Waals surface area contributed by atoms with Crippen LogP contribution in [0.15, 0.2) is 29.2 Å². The molecule has 0 N–H and O–H groups in total. The van der Waals surface area contributed by atoms with Gasteiger partial charge < -0.3 is 9.64 Å². The molecule has 0 spiro atoms. The van der Waals surface area contributed by atoms with Crippen molar-refractivity contribution in [3.8, 4) is 5.75 Å². The summed E-state index contributed by atoms with van der Waals surface area (Å²) in [4.78, 5) is 28.9. The highest BCUT2D eigenvalue weighted by molar-refractivity contribution is 8.26. The van der Waals surface area contributed by atoms with Gasteiger partial charge in [0.25, 0.3) is 5.91 Å². The van der Waals surface area contributed by atoms with Gasteiger partial charge in [0, 0.05) is 13.1 Å². The molecule has 138 valence electrons. The molecule has 2 heterocycles. The van der Waals surface area contributed by atoms with Crippen molar-refractivity contribution < 1.29 is 14.3 Å². The number of thioether (sulfide) groups is 1. The molecule has 3 rings (SSSR count). The van der Waals surface area contributed by atoms with E-state index in [1.165, 1.54) is 16.7 Å². The van der Waals surface area contributed by atoms with E-state index in [0.717, 1.165) is 43.7 Å². The Bertz CT molecular complexity index is 725. The van der Waals surface area contributed by atoms with Crippen molar-refractivity contribution in [1.82, 2.24) is 9.80 Å². The van der Waals surface area contributed by atoms with Gasteiger partial charge in [0.2, 0.25) is 5.91 Å². The maximum absolute atomic E-state index is 12.7. The summed E-state index contributed by atoms with van der Waals surface area (Å²) in [7, 11) is 0. The van der Waals surface area contributed by atoms with E-state index in [1.807, 2.05) is 36.1 Å². The molecule has 7 heteroatoms. The van der Waals surface area contributed by atoms with E-state index in [-0.39, 0.29) is 18.4 Å². The largest absolute Gasteiger partial charge is 0.494 e. The van der Waals surface area contributed by atoms with E-state index in [2.05, 4.69) is 0 Å². The number of likely N-dealkylation sites (tertiary alicyclic amines) is 1. The van der Waals surface area contributed by atoms with Crippen LogP contribution >= 0.6 is 24.0 Å². The number of hydrogen-bond acceptors (Lipinski definition) is 5. The highest BCUT2D eigenvalue weighted by Crippen LogP contribution is 2.32. The molecule has 1 aromatic rings. The summed E-state index contributed by atoms with van der Waals surface area (Å²) in [6.07, 6.45) is 5.03. The van der Waals surface area contributed by atoms with E-state index in [4.69, 9.17) is 17.0 Å². The zero-order chi connectivity index (χ0) is 18.5. The lowest BCUT2D eigenvalue weighted by Gasteiger charge is -2.28. The maximum Gasteiger partial charge on any atom is 0.266 e. The second kappa shape index (κ2) is 8.68. The highest BCUT2D eigenvalue weighted by atomic mass is 32.2. The molecule has 2 saturated heterocycles. The topological polar surface area (TPSA) is 49.9 Å². The number of piperidine rings is 1. The fraction of sp³-hybridized carbons (Fsp3) is 0.421. The third-order valence-electron chi connectivity index (χ3n) is 4.36. The second-order valence-corrected chi connectivity index (χ2v) is 7.89. The van der Waals surface area contributed by atoms with Crippen LogP contribution in [0.25, 0.3) is 6.08 Å². The van der Waals surface area contributed by atoms with Gasteiger partial charge in [0.15, 0.2) is 0 Å². The van der Waals surface area contributed by atoms with Gasteiger partial charge in [-0.1, -0.05) is 36.1 Å². The van der Waals surface area contributed by atoms with Crippen molar-refractivity contribution in [2.75, 3.05) is 26.2 Å². The Balaban J connectivity index is 1.66. The van der Waals surface area contributed by atoms with Crippen LogP contribution < -0.4 is 4.74 Å². The average molecular weight is 391 g/mol. The summed E-state index contributed by atoms with van der Waals surface area (Å²) in [5, 5.41) is 0. The van der Waals surface area contributed by atoms with Gasteiger partial charge in [-0.3, -0.25) is 14.5 Å². The smallest absolute Gasteiger partial charge is 0.266 e. The van der Waals surface area contributed by atoms with Crippen LogP contribution in [0.3, 0.4) is 0 Å². The first kappa shape index (κ1) is 18.9. The molecule has 0 saturated carbocycles. The minimum Gasteiger partial charge on any atom is -0.494 e. The van der Waals surface area contributed by atoms with E-state index in [0.29, 0.717) is 15.8 Å². The predicted molar refractivity (Wildman–Crippen MR) is 108 cm³/mol. The van der Waals surface area contributed by atoms with Crippen molar-refractivity contribution in [3.63, 3.8) is 0 Å². The molecule has 1 aromatic carbocycles. The van der Waals surface area contributed by atoms with Gasteiger partial charge in [0.05, 0.1) is 11.5 Å². The summed E-state index contributed by atoms with van der Waals surface area (Å²) in [5.74, 6) is 0.576. The van der Waals surface area contributed by atoms with Crippen LogP contribution in [0.4, 0.5) is 0 Å². The molecule has 0 unspecified atom stereocenters. The lowest BCUT2D eigenvalue weighted by Crippen LogP contribution is -2.44. The van der Waals surface area contributed by atoms with E-state index in [1.54, 1.807) is 6.08 Å². The monoisotopic (exact) mass is 390 g/mol. The van der Waals surface area contributed by atoms with Crippen molar-refractivity contribution in [3.05, 3.63) is 34.7 Å². The standard InChI is InChI=1S/C19H22N2O3S2/c1-2-24-15-8-6-14(7-9-15)12-16-18(23)21(19(25)26-16)13-17(22)20-10-4-3-5-11-20/h6-9,12H,2-5,10-11,13H2,1H3. The summed E-state index contributed by atoms with van der Waals surface area (Å²) >= 11 is 6.57. The number of amides is 2. The Hall–Kier alpha value is -1.86. The number of carbonyl (C=O) groups excluding carboxylic acids is 2. The highest BCUT2D eigenvalue weighted by Gasteiger charge is 2.34. The number of thiocarbonyl (C=S) groups is 1. The number of rotatable bonds is 5. The van der Waals surface area contributed by atoms with Gasteiger partial charge in [-0.05, 0) is 50.0 Å². The Kier molecular flexibility index (Phi) is 6.32. The molecule has 0 radical (unpaired) electrons.